The van der Waals surface area contributed by atoms with E-state index in [1.807, 2.05) is 38.1 Å². The minimum absolute atomic E-state index is 0.0171. The lowest BCUT2D eigenvalue weighted by Crippen LogP contribution is -2.45. The van der Waals surface area contributed by atoms with Crippen LogP contribution in [0, 0.1) is 11.8 Å². The summed E-state index contributed by atoms with van der Waals surface area (Å²) in [6.45, 7) is 14.9. The van der Waals surface area contributed by atoms with Crippen molar-refractivity contribution in [3.05, 3.63) is 48.1 Å². The van der Waals surface area contributed by atoms with Gasteiger partial charge in [0.1, 0.15) is 11.5 Å². The van der Waals surface area contributed by atoms with Crippen molar-refractivity contribution in [3.63, 3.8) is 0 Å². The maximum Gasteiger partial charge on any atom is 0.306 e. The Morgan fingerprint density at radius 2 is 1.92 bits per heavy atom. The second kappa shape index (κ2) is 13.4. The summed E-state index contributed by atoms with van der Waals surface area (Å²) in [5.41, 5.74) is 1.04. The predicted octanol–water partition coefficient (Wildman–Crippen LogP) is 7.37. The first-order valence-corrected chi connectivity index (χ1v) is 16.1. The van der Waals surface area contributed by atoms with Gasteiger partial charge in [-0.25, -0.2) is 0 Å². The van der Waals surface area contributed by atoms with Crippen LogP contribution in [0.4, 0.5) is 0 Å². The minimum atomic E-state index is -2.03. The molecular weight excluding hydrogens is 468 g/mol. The van der Waals surface area contributed by atoms with E-state index in [2.05, 4.69) is 58.2 Å². The average Bonchev–Trinajstić information content (AvgIpc) is 3.06. The molecule has 200 valence electrons. The summed E-state index contributed by atoms with van der Waals surface area (Å²) < 4.78 is 17.3. The van der Waals surface area contributed by atoms with Crippen molar-refractivity contribution in [2.45, 2.75) is 97.1 Å². The van der Waals surface area contributed by atoms with E-state index in [1.54, 1.807) is 7.11 Å². The molecule has 0 heterocycles. The molecule has 0 aromatic heterocycles. The number of hydrogen-bond acceptors (Lipinski definition) is 5. The second-order valence-corrected chi connectivity index (χ2v) is 16.3. The van der Waals surface area contributed by atoms with E-state index in [1.165, 1.54) is 0 Å². The minimum Gasteiger partial charge on any atom is -0.497 e. The average molecular weight is 515 g/mol. The normalized spacial score (nSPS) is 21.1. The third kappa shape index (κ3) is 9.04. The van der Waals surface area contributed by atoms with Crippen LogP contribution in [-0.2, 0) is 18.8 Å². The SMILES string of the molecule is COc1cccc(/C=C/[C@H]2[C@H](O[Si](C)(C)C(C)(C)C)CC(=O)[C@@H]2C/C=C/CCCC(=O)OC(C)C)c1. The monoisotopic (exact) mass is 514 g/mol. The fourth-order valence-electron chi connectivity index (χ4n) is 4.20. The maximum absolute atomic E-state index is 13.1. The van der Waals surface area contributed by atoms with Crippen LogP contribution >= 0.6 is 0 Å². The Kier molecular flexibility index (Phi) is 11.2. The first-order valence-electron chi connectivity index (χ1n) is 13.2. The van der Waals surface area contributed by atoms with Gasteiger partial charge in [0.2, 0.25) is 0 Å². The van der Waals surface area contributed by atoms with Crippen molar-refractivity contribution in [1.29, 1.82) is 0 Å². The van der Waals surface area contributed by atoms with Gasteiger partial charge in [-0.05, 0) is 68.9 Å². The molecule has 0 saturated heterocycles. The zero-order valence-electron chi connectivity index (χ0n) is 23.5. The lowest BCUT2D eigenvalue weighted by atomic mass is 9.90. The van der Waals surface area contributed by atoms with Gasteiger partial charge in [-0.3, -0.25) is 9.59 Å². The summed E-state index contributed by atoms with van der Waals surface area (Å²) in [5, 5.41) is 0.0752. The molecule has 6 heteroatoms. The number of unbranched alkanes of at least 4 members (excludes halogenated alkanes) is 1. The van der Waals surface area contributed by atoms with Crippen molar-refractivity contribution in [3.8, 4) is 5.75 Å². The number of benzene rings is 1. The summed E-state index contributed by atoms with van der Waals surface area (Å²) in [6.07, 6.45) is 11.3. The molecule has 0 aliphatic heterocycles. The van der Waals surface area contributed by atoms with E-state index in [-0.39, 0.29) is 40.8 Å². The Morgan fingerprint density at radius 3 is 2.56 bits per heavy atom. The summed E-state index contributed by atoms with van der Waals surface area (Å²) in [6, 6.07) is 7.93. The highest BCUT2D eigenvalue weighted by atomic mass is 28.4. The molecule has 1 saturated carbocycles. The summed E-state index contributed by atoms with van der Waals surface area (Å²) in [4.78, 5) is 24.9. The van der Waals surface area contributed by atoms with Crippen LogP contribution in [0.5, 0.6) is 5.75 Å². The molecule has 0 unspecified atom stereocenters. The van der Waals surface area contributed by atoms with E-state index < -0.39 is 8.32 Å². The van der Waals surface area contributed by atoms with Gasteiger partial charge in [0.15, 0.2) is 8.32 Å². The Bertz CT molecular complexity index is 926. The number of allylic oxidation sites excluding steroid dienone is 2. The highest BCUT2D eigenvalue weighted by molar-refractivity contribution is 6.74. The van der Waals surface area contributed by atoms with Crippen LogP contribution in [0.2, 0.25) is 18.1 Å². The summed E-state index contributed by atoms with van der Waals surface area (Å²) in [5.74, 6) is 0.833. The van der Waals surface area contributed by atoms with Gasteiger partial charge in [0, 0.05) is 24.7 Å². The molecule has 1 aliphatic carbocycles. The van der Waals surface area contributed by atoms with Crippen LogP contribution in [0.3, 0.4) is 0 Å². The van der Waals surface area contributed by atoms with Gasteiger partial charge >= 0.3 is 5.97 Å². The quantitative estimate of drug-likeness (QED) is 0.126. The number of methoxy groups -OCH3 is 1. The van der Waals surface area contributed by atoms with Crippen molar-refractivity contribution < 1.29 is 23.5 Å². The van der Waals surface area contributed by atoms with E-state index in [0.717, 1.165) is 24.2 Å². The number of carbonyl (C=O) groups is 2. The first kappa shape index (κ1) is 30.0. The van der Waals surface area contributed by atoms with Gasteiger partial charge in [-0.1, -0.05) is 57.2 Å². The molecule has 1 aromatic rings. The van der Waals surface area contributed by atoms with Crippen molar-refractivity contribution >= 4 is 26.1 Å². The molecule has 1 fully saturated rings. The summed E-state index contributed by atoms with van der Waals surface area (Å²) >= 11 is 0. The molecular formula is C30H46O5Si. The van der Waals surface area contributed by atoms with Gasteiger partial charge in [-0.2, -0.15) is 0 Å². The van der Waals surface area contributed by atoms with Crippen molar-refractivity contribution in [2.75, 3.05) is 7.11 Å². The Hall–Kier alpha value is -2.18. The molecule has 0 radical (unpaired) electrons. The number of carbonyl (C=O) groups excluding carboxylic acids is 2. The molecule has 1 aliphatic rings. The molecule has 0 bridgehead atoms. The van der Waals surface area contributed by atoms with E-state index in [4.69, 9.17) is 13.9 Å². The molecule has 5 nitrogen and oxygen atoms in total. The van der Waals surface area contributed by atoms with E-state index >= 15 is 0 Å². The molecule has 0 N–H and O–H groups in total. The van der Waals surface area contributed by atoms with Gasteiger partial charge in [0.05, 0.1) is 19.3 Å². The number of hydrogen-bond donors (Lipinski definition) is 0. The third-order valence-corrected chi connectivity index (χ3v) is 11.7. The van der Waals surface area contributed by atoms with Gasteiger partial charge in [-0.15, -0.1) is 0 Å². The fraction of sp³-hybridized carbons (Fsp3) is 0.600. The van der Waals surface area contributed by atoms with Crippen LogP contribution in [-0.4, -0.2) is 39.4 Å². The van der Waals surface area contributed by atoms with Crippen LogP contribution in [0.15, 0.2) is 42.5 Å². The zero-order valence-corrected chi connectivity index (χ0v) is 24.5. The Labute approximate surface area is 219 Å². The Balaban J connectivity index is 2.12. The van der Waals surface area contributed by atoms with E-state index in [0.29, 0.717) is 19.3 Å². The zero-order chi connectivity index (χ0) is 26.9. The van der Waals surface area contributed by atoms with Gasteiger partial charge < -0.3 is 13.9 Å². The number of ether oxygens (including phenoxy) is 2. The molecule has 0 spiro atoms. The lowest BCUT2D eigenvalue weighted by molar-refractivity contribution is -0.147. The lowest BCUT2D eigenvalue weighted by Gasteiger charge is -2.39. The van der Waals surface area contributed by atoms with Crippen molar-refractivity contribution in [2.24, 2.45) is 11.8 Å². The predicted molar refractivity (Wildman–Crippen MR) is 150 cm³/mol. The smallest absolute Gasteiger partial charge is 0.306 e. The largest absolute Gasteiger partial charge is 0.497 e. The highest BCUT2D eigenvalue weighted by Crippen LogP contribution is 2.43. The summed E-state index contributed by atoms with van der Waals surface area (Å²) in [7, 11) is -0.370. The number of Topliss-reactive ketones (excluding diaryl/α,β-unsaturated/α-hetero) is 1. The third-order valence-electron chi connectivity index (χ3n) is 7.24. The fourth-order valence-corrected chi connectivity index (χ4v) is 5.55. The maximum atomic E-state index is 13.1. The number of esters is 1. The standard InChI is InChI=1S/C30H46O5Si/c1-22(2)34-29(32)17-12-10-9-11-16-25-26(19-18-23-14-13-15-24(20-23)33-6)28(21-27(25)31)35-36(7,8)30(3,4)5/h9,11,13-15,18-20,22,25-26,28H,10,12,16-17,21H2,1-8H3/b11-9+,19-18+/t25-,26-,28-/m1/s1. The number of ketones is 1. The van der Waals surface area contributed by atoms with Crippen molar-refractivity contribution in [1.82, 2.24) is 0 Å². The Morgan fingerprint density at radius 1 is 1.19 bits per heavy atom. The molecule has 36 heavy (non-hydrogen) atoms. The first-order chi connectivity index (χ1) is 16.8. The van der Waals surface area contributed by atoms with Crippen LogP contribution in [0.25, 0.3) is 6.08 Å². The molecule has 1 aromatic carbocycles. The van der Waals surface area contributed by atoms with Gasteiger partial charge in [0.25, 0.3) is 0 Å². The molecule has 0 amide bonds. The molecule has 3 atom stereocenters. The van der Waals surface area contributed by atoms with Crippen LogP contribution in [0.1, 0.15) is 72.3 Å². The second-order valence-electron chi connectivity index (χ2n) is 11.5. The van der Waals surface area contributed by atoms with E-state index in [9.17, 15) is 9.59 Å². The molecule has 2 rings (SSSR count). The van der Waals surface area contributed by atoms with Crippen LogP contribution < -0.4 is 4.74 Å². The number of rotatable bonds is 12. The topological polar surface area (TPSA) is 61.8 Å². The highest BCUT2D eigenvalue weighted by Gasteiger charge is 2.46.